The van der Waals surface area contributed by atoms with Crippen molar-refractivity contribution >= 4 is 23.5 Å². The Bertz CT molecular complexity index is 847. The maximum atomic E-state index is 14.4. The molecular formula is C23H31FN2O5. The fourth-order valence-electron chi connectivity index (χ4n) is 2.47. The first kappa shape index (κ1) is 26.0. The number of anilines is 1. The van der Waals surface area contributed by atoms with Crippen molar-refractivity contribution in [2.75, 3.05) is 11.9 Å². The molecule has 8 heteroatoms. The van der Waals surface area contributed by atoms with Crippen molar-refractivity contribution in [1.82, 2.24) is 5.32 Å². The van der Waals surface area contributed by atoms with Crippen LogP contribution in [0.3, 0.4) is 0 Å². The van der Waals surface area contributed by atoms with E-state index in [2.05, 4.69) is 16.6 Å². The van der Waals surface area contributed by atoms with Gasteiger partial charge in [-0.25, -0.2) is 9.18 Å². The van der Waals surface area contributed by atoms with E-state index in [1.165, 1.54) is 12.1 Å². The van der Waals surface area contributed by atoms with Gasteiger partial charge in [-0.1, -0.05) is 5.92 Å². The van der Waals surface area contributed by atoms with E-state index in [-0.39, 0.29) is 24.9 Å². The van der Waals surface area contributed by atoms with Crippen molar-refractivity contribution in [3.05, 3.63) is 29.6 Å². The molecule has 0 saturated heterocycles. The van der Waals surface area contributed by atoms with E-state index in [1.54, 1.807) is 41.5 Å². The van der Waals surface area contributed by atoms with E-state index in [4.69, 9.17) is 15.9 Å². The van der Waals surface area contributed by atoms with E-state index in [9.17, 15) is 18.8 Å². The number of hydrogen-bond acceptors (Lipinski definition) is 6. The standard InChI is InChI=1S/C23H31FN2O5/c1-8-13-25-15-9-10-16(17(24)14-15)20(28)26-18(21(29)31-23(5,6)7)11-12-19(27)30-22(2,3)4/h1,9-10,14,18,25H,11-13H2,2-7H3,(H,26,28)/t18-/m1/s1. The Morgan fingerprint density at radius 1 is 1.10 bits per heavy atom. The highest BCUT2D eigenvalue weighted by Crippen LogP contribution is 2.17. The average Bonchev–Trinajstić information content (AvgIpc) is 2.60. The summed E-state index contributed by atoms with van der Waals surface area (Å²) in [6.07, 6.45) is 4.97. The van der Waals surface area contributed by atoms with E-state index in [0.717, 1.165) is 6.07 Å². The summed E-state index contributed by atoms with van der Waals surface area (Å²) in [4.78, 5) is 37.2. The van der Waals surface area contributed by atoms with E-state index < -0.39 is 40.9 Å². The van der Waals surface area contributed by atoms with Gasteiger partial charge in [-0.05, 0) is 66.2 Å². The monoisotopic (exact) mass is 434 g/mol. The van der Waals surface area contributed by atoms with Crippen molar-refractivity contribution in [3.63, 3.8) is 0 Å². The van der Waals surface area contributed by atoms with Gasteiger partial charge < -0.3 is 20.1 Å². The molecule has 7 nitrogen and oxygen atoms in total. The second-order valence-corrected chi connectivity index (χ2v) is 8.94. The lowest BCUT2D eigenvalue weighted by Gasteiger charge is -2.25. The number of rotatable bonds is 8. The molecule has 0 aromatic heterocycles. The van der Waals surface area contributed by atoms with Crippen LogP contribution in [0.25, 0.3) is 0 Å². The predicted octanol–water partition coefficient (Wildman–Crippen LogP) is 3.43. The number of nitrogens with one attached hydrogen (secondary N) is 2. The number of ether oxygens (including phenoxy) is 2. The molecule has 0 aliphatic rings. The van der Waals surface area contributed by atoms with Crippen LogP contribution in [-0.4, -0.2) is 41.6 Å². The summed E-state index contributed by atoms with van der Waals surface area (Å²) in [6, 6.07) is 2.76. The van der Waals surface area contributed by atoms with Crippen LogP contribution in [0, 0.1) is 18.2 Å². The molecule has 0 spiro atoms. The molecule has 1 amide bonds. The van der Waals surface area contributed by atoms with Crippen molar-refractivity contribution < 1.29 is 28.2 Å². The van der Waals surface area contributed by atoms with Gasteiger partial charge in [0.1, 0.15) is 23.1 Å². The minimum absolute atomic E-state index is 0.0566. The summed E-state index contributed by atoms with van der Waals surface area (Å²) in [6.45, 7) is 10.4. The molecule has 1 aromatic rings. The van der Waals surface area contributed by atoms with Gasteiger partial charge in [-0.2, -0.15) is 0 Å². The third-order valence-electron chi connectivity index (χ3n) is 3.66. The summed E-state index contributed by atoms with van der Waals surface area (Å²) in [7, 11) is 0. The maximum Gasteiger partial charge on any atom is 0.329 e. The molecule has 0 unspecified atom stereocenters. The molecule has 1 aromatic carbocycles. The van der Waals surface area contributed by atoms with Gasteiger partial charge in [0.15, 0.2) is 0 Å². The topological polar surface area (TPSA) is 93.7 Å². The molecule has 0 aliphatic carbocycles. The molecule has 2 N–H and O–H groups in total. The third-order valence-corrected chi connectivity index (χ3v) is 3.66. The first-order valence-corrected chi connectivity index (χ1v) is 9.94. The highest BCUT2D eigenvalue weighted by atomic mass is 19.1. The van der Waals surface area contributed by atoms with Gasteiger partial charge >= 0.3 is 11.9 Å². The number of carbonyl (C=O) groups is 3. The summed E-state index contributed by atoms with van der Waals surface area (Å²) in [5.41, 5.74) is -1.32. The minimum Gasteiger partial charge on any atom is -0.460 e. The molecule has 0 fully saturated rings. The molecular weight excluding hydrogens is 403 g/mol. The van der Waals surface area contributed by atoms with Gasteiger partial charge in [-0.15, -0.1) is 6.42 Å². The fraction of sp³-hybridized carbons (Fsp3) is 0.522. The Hall–Kier alpha value is -3.08. The number of halogens is 1. The first-order valence-electron chi connectivity index (χ1n) is 9.94. The van der Waals surface area contributed by atoms with Crippen molar-refractivity contribution in [3.8, 4) is 12.3 Å². The maximum absolute atomic E-state index is 14.4. The Balaban J connectivity index is 2.95. The van der Waals surface area contributed by atoms with Crippen LogP contribution in [-0.2, 0) is 19.1 Å². The third kappa shape index (κ3) is 9.98. The fourth-order valence-corrected chi connectivity index (χ4v) is 2.47. The normalized spacial score (nSPS) is 12.3. The second-order valence-electron chi connectivity index (χ2n) is 8.94. The van der Waals surface area contributed by atoms with E-state index in [0.29, 0.717) is 5.69 Å². The number of amides is 1. The largest absolute Gasteiger partial charge is 0.460 e. The Morgan fingerprint density at radius 2 is 1.71 bits per heavy atom. The Labute approximate surface area is 183 Å². The number of benzene rings is 1. The van der Waals surface area contributed by atoms with Gasteiger partial charge in [0.2, 0.25) is 0 Å². The Morgan fingerprint density at radius 3 is 2.23 bits per heavy atom. The summed E-state index contributed by atoms with van der Waals surface area (Å²) >= 11 is 0. The molecule has 1 atom stereocenters. The molecule has 0 radical (unpaired) electrons. The molecule has 0 aliphatic heterocycles. The van der Waals surface area contributed by atoms with Gasteiger partial charge in [0.25, 0.3) is 5.91 Å². The van der Waals surface area contributed by atoms with Crippen LogP contribution in [0.15, 0.2) is 18.2 Å². The van der Waals surface area contributed by atoms with Gasteiger partial charge in [0.05, 0.1) is 12.1 Å². The van der Waals surface area contributed by atoms with Crippen molar-refractivity contribution in [1.29, 1.82) is 0 Å². The number of hydrogen-bond donors (Lipinski definition) is 2. The molecule has 0 heterocycles. The smallest absolute Gasteiger partial charge is 0.329 e. The van der Waals surface area contributed by atoms with Gasteiger partial charge in [0, 0.05) is 12.1 Å². The summed E-state index contributed by atoms with van der Waals surface area (Å²) < 4.78 is 25.0. The predicted molar refractivity (Wildman–Crippen MR) is 116 cm³/mol. The summed E-state index contributed by atoms with van der Waals surface area (Å²) in [5, 5.41) is 5.27. The second kappa shape index (κ2) is 10.8. The SMILES string of the molecule is C#CCNc1ccc(C(=O)N[C@H](CCC(=O)OC(C)(C)C)C(=O)OC(C)(C)C)c(F)c1. The average molecular weight is 435 g/mol. The molecule has 170 valence electrons. The lowest BCUT2D eigenvalue weighted by molar-refractivity contribution is -0.158. The van der Waals surface area contributed by atoms with Crippen LogP contribution in [0.4, 0.5) is 10.1 Å². The van der Waals surface area contributed by atoms with E-state index in [1.807, 2.05) is 0 Å². The summed E-state index contributed by atoms with van der Waals surface area (Å²) in [5.74, 6) is -0.470. The first-order chi connectivity index (χ1) is 14.2. The number of esters is 2. The molecule has 31 heavy (non-hydrogen) atoms. The zero-order chi connectivity index (χ0) is 23.8. The van der Waals surface area contributed by atoms with Crippen LogP contribution in [0.5, 0.6) is 0 Å². The lowest BCUT2D eigenvalue weighted by atomic mass is 10.1. The van der Waals surface area contributed by atoms with Crippen LogP contribution >= 0.6 is 0 Å². The highest BCUT2D eigenvalue weighted by Gasteiger charge is 2.29. The minimum atomic E-state index is -1.15. The quantitative estimate of drug-likeness (QED) is 0.481. The lowest BCUT2D eigenvalue weighted by Crippen LogP contribution is -2.44. The zero-order valence-electron chi connectivity index (χ0n) is 18.9. The molecule has 1 rings (SSSR count). The van der Waals surface area contributed by atoms with Gasteiger partial charge in [-0.3, -0.25) is 9.59 Å². The molecule has 0 saturated carbocycles. The highest BCUT2D eigenvalue weighted by molar-refractivity contribution is 5.97. The molecule has 0 bridgehead atoms. The zero-order valence-corrected chi connectivity index (χ0v) is 18.9. The van der Waals surface area contributed by atoms with Crippen LogP contribution in [0.1, 0.15) is 64.7 Å². The van der Waals surface area contributed by atoms with Crippen molar-refractivity contribution in [2.45, 2.75) is 71.6 Å². The Kier molecular flexibility index (Phi) is 9.04. The number of terminal acetylenes is 1. The number of carbonyl (C=O) groups excluding carboxylic acids is 3. The van der Waals surface area contributed by atoms with Crippen LogP contribution < -0.4 is 10.6 Å². The van der Waals surface area contributed by atoms with E-state index >= 15 is 0 Å². The van der Waals surface area contributed by atoms with Crippen LogP contribution in [0.2, 0.25) is 0 Å². The van der Waals surface area contributed by atoms with Crippen molar-refractivity contribution in [2.24, 2.45) is 0 Å².